The van der Waals surface area contributed by atoms with Crippen LogP contribution in [0.1, 0.15) is 32.6 Å². The van der Waals surface area contributed by atoms with Crippen LogP contribution in [-0.2, 0) is 9.53 Å². The number of likely N-dealkylation sites (tertiary alicyclic amines) is 1. The average Bonchev–Trinajstić information content (AvgIpc) is 2.92. The number of carbonyl (C=O) groups is 1. The molecule has 0 spiro atoms. The Morgan fingerprint density at radius 3 is 2.60 bits per heavy atom. The first-order chi connectivity index (χ1) is 9.66. The summed E-state index contributed by atoms with van der Waals surface area (Å²) in [4.78, 5) is 15.1. The van der Waals surface area contributed by atoms with Gasteiger partial charge in [0.1, 0.15) is 0 Å². The van der Waals surface area contributed by atoms with Crippen molar-refractivity contribution in [3.8, 4) is 0 Å². The summed E-state index contributed by atoms with van der Waals surface area (Å²) in [6.45, 7) is 7.75. The first-order valence-corrected chi connectivity index (χ1v) is 7.89. The van der Waals surface area contributed by atoms with Gasteiger partial charge in [0.15, 0.2) is 0 Å². The van der Waals surface area contributed by atoms with E-state index in [9.17, 15) is 4.79 Å². The summed E-state index contributed by atoms with van der Waals surface area (Å²) in [5.74, 6) is 0.174. The van der Waals surface area contributed by atoms with Gasteiger partial charge in [0.2, 0.25) is 5.91 Å². The highest BCUT2D eigenvalue weighted by Crippen LogP contribution is 2.29. The Bertz CT molecular complexity index is 305. The van der Waals surface area contributed by atoms with Gasteiger partial charge in [-0.2, -0.15) is 0 Å². The highest BCUT2D eigenvalue weighted by atomic mass is 16.5. The average molecular weight is 283 g/mol. The Hall–Kier alpha value is -0.650. The Morgan fingerprint density at radius 2 is 2.00 bits per heavy atom. The quantitative estimate of drug-likeness (QED) is 0.750. The molecule has 2 rings (SSSR count). The van der Waals surface area contributed by atoms with Gasteiger partial charge in [0, 0.05) is 19.7 Å². The molecule has 2 saturated heterocycles. The number of piperidine rings is 1. The molecule has 1 amide bonds. The standard InChI is InChI=1S/C15H29N3O2/c1-13(11-18-9-3-4-10-18)17-14(19)15(12-20-2)5-7-16-8-6-15/h13,16H,3-12H2,1-2H3,(H,17,19). The fraction of sp³-hybridized carbons (Fsp3) is 0.933. The van der Waals surface area contributed by atoms with E-state index in [0.29, 0.717) is 6.61 Å². The summed E-state index contributed by atoms with van der Waals surface area (Å²) in [6.07, 6.45) is 4.31. The van der Waals surface area contributed by atoms with E-state index in [-0.39, 0.29) is 17.4 Å². The number of methoxy groups -OCH3 is 1. The molecule has 5 nitrogen and oxygen atoms in total. The molecule has 0 aromatic heterocycles. The van der Waals surface area contributed by atoms with Crippen molar-refractivity contribution in [2.24, 2.45) is 5.41 Å². The third-order valence-electron chi connectivity index (χ3n) is 4.57. The van der Waals surface area contributed by atoms with Crippen LogP contribution in [0, 0.1) is 5.41 Å². The van der Waals surface area contributed by atoms with Crippen molar-refractivity contribution >= 4 is 5.91 Å². The number of hydrogen-bond donors (Lipinski definition) is 2. The number of nitrogens with zero attached hydrogens (tertiary/aromatic N) is 1. The van der Waals surface area contributed by atoms with Gasteiger partial charge in [0.05, 0.1) is 12.0 Å². The molecule has 0 aromatic carbocycles. The van der Waals surface area contributed by atoms with Gasteiger partial charge < -0.3 is 20.3 Å². The zero-order valence-corrected chi connectivity index (χ0v) is 12.9. The predicted octanol–water partition coefficient (Wildman–Crippen LogP) is 0.603. The first kappa shape index (κ1) is 15.7. The number of carbonyl (C=O) groups excluding carboxylic acids is 1. The number of nitrogens with one attached hydrogen (secondary N) is 2. The largest absolute Gasteiger partial charge is 0.384 e. The molecular weight excluding hydrogens is 254 g/mol. The maximum Gasteiger partial charge on any atom is 0.228 e. The Balaban J connectivity index is 1.86. The molecule has 0 radical (unpaired) electrons. The molecule has 116 valence electrons. The van der Waals surface area contributed by atoms with Crippen molar-refractivity contribution in [3.05, 3.63) is 0 Å². The summed E-state index contributed by atoms with van der Waals surface area (Å²) in [5, 5.41) is 6.53. The second-order valence-electron chi connectivity index (χ2n) is 6.35. The number of ether oxygens (including phenoxy) is 1. The first-order valence-electron chi connectivity index (χ1n) is 7.89. The van der Waals surface area contributed by atoms with Crippen molar-refractivity contribution in [2.45, 2.75) is 38.6 Å². The second-order valence-corrected chi connectivity index (χ2v) is 6.35. The van der Waals surface area contributed by atoms with Crippen molar-refractivity contribution in [1.82, 2.24) is 15.5 Å². The summed E-state index contributed by atoms with van der Waals surface area (Å²) < 4.78 is 5.32. The fourth-order valence-electron chi connectivity index (χ4n) is 3.39. The van der Waals surface area contributed by atoms with E-state index in [2.05, 4.69) is 22.5 Å². The van der Waals surface area contributed by atoms with E-state index in [0.717, 1.165) is 32.5 Å². The number of rotatable bonds is 6. The molecule has 20 heavy (non-hydrogen) atoms. The molecule has 2 aliphatic rings. The van der Waals surface area contributed by atoms with Crippen molar-refractivity contribution in [3.63, 3.8) is 0 Å². The van der Waals surface area contributed by atoms with E-state index < -0.39 is 0 Å². The third kappa shape index (κ3) is 3.93. The van der Waals surface area contributed by atoms with Crippen molar-refractivity contribution in [1.29, 1.82) is 0 Å². The van der Waals surface area contributed by atoms with E-state index in [1.807, 2.05) is 0 Å². The summed E-state index contributed by atoms with van der Waals surface area (Å²) in [6, 6.07) is 0.212. The molecule has 5 heteroatoms. The highest BCUT2D eigenvalue weighted by Gasteiger charge is 2.40. The van der Waals surface area contributed by atoms with Crippen LogP contribution in [0.25, 0.3) is 0 Å². The Morgan fingerprint density at radius 1 is 1.35 bits per heavy atom. The predicted molar refractivity (Wildman–Crippen MR) is 79.7 cm³/mol. The normalized spacial score (nSPS) is 24.5. The zero-order valence-electron chi connectivity index (χ0n) is 12.9. The molecule has 2 heterocycles. The molecule has 1 unspecified atom stereocenters. The van der Waals surface area contributed by atoms with E-state index in [1.165, 1.54) is 25.9 Å². The third-order valence-corrected chi connectivity index (χ3v) is 4.57. The monoisotopic (exact) mass is 283 g/mol. The van der Waals surface area contributed by atoms with Gasteiger partial charge in [-0.15, -0.1) is 0 Å². The highest BCUT2D eigenvalue weighted by molar-refractivity contribution is 5.83. The molecule has 0 saturated carbocycles. The number of amides is 1. The van der Waals surface area contributed by atoms with E-state index >= 15 is 0 Å². The molecule has 0 aliphatic carbocycles. The van der Waals surface area contributed by atoms with Crippen LogP contribution in [0.5, 0.6) is 0 Å². The van der Waals surface area contributed by atoms with Crippen LogP contribution >= 0.6 is 0 Å². The van der Waals surface area contributed by atoms with Gasteiger partial charge in [0.25, 0.3) is 0 Å². The van der Waals surface area contributed by atoms with Crippen molar-refractivity contribution in [2.75, 3.05) is 46.4 Å². The van der Waals surface area contributed by atoms with Gasteiger partial charge in [-0.25, -0.2) is 0 Å². The lowest BCUT2D eigenvalue weighted by Gasteiger charge is -2.36. The molecule has 2 aliphatic heterocycles. The zero-order chi connectivity index (χ0) is 14.4. The minimum absolute atomic E-state index is 0.174. The van der Waals surface area contributed by atoms with Gasteiger partial charge in [-0.3, -0.25) is 4.79 Å². The Kier molecular flexibility index (Phi) is 5.81. The maximum absolute atomic E-state index is 12.7. The second kappa shape index (κ2) is 7.38. The minimum atomic E-state index is -0.334. The summed E-state index contributed by atoms with van der Waals surface area (Å²) >= 11 is 0. The van der Waals surface area contributed by atoms with Crippen LogP contribution in [-0.4, -0.2) is 63.3 Å². The van der Waals surface area contributed by atoms with E-state index in [4.69, 9.17) is 4.74 Å². The van der Waals surface area contributed by atoms with Gasteiger partial charge in [-0.1, -0.05) is 0 Å². The van der Waals surface area contributed by atoms with Gasteiger partial charge >= 0.3 is 0 Å². The maximum atomic E-state index is 12.7. The van der Waals surface area contributed by atoms with Crippen molar-refractivity contribution < 1.29 is 9.53 Å². The van der Waals surface area contributed by atoms with Gasteiger partial charge in [-0.05, 0) is 58.8 Å². The minimum Gasteiger partial charge on any atom is -0.384 e. The lowest BCUT2D eigenvalue weighted by molar-refractivity contribution is -0.137. The summed E-state index contributed by atoms with van der Waals surface area (Å²) in [7, 11) is 1.69. The van der Waals surface area contributed by atoms with Crippen LogP contribution < -0.4 is 10.6 Å². The van der Waals surface area contributed by atoms with E-state index in [1.54, 1.807) is 7.11 Å². The Labute approximate surface area is 122 Å². The molecule has 2 N–H and O–H groups in total. The van der Waals surface area contributed by atoms with Crippen LogP contribution in [0.3, 0.4) is 0 Å². The number of hydrogen-bond acceptors (Lipinski definition) is 4. The smallest absolute Gasteiger partial charge is 0.228 e. The fourth-order valence-corrected chi connectivity index (χ4v) is 3.39. The van der Waals surface area contributed by atoms with Crippen LogP contribution in [0.2, 0.25) is 0 Å². The molecule has 2 fully saturated rings. The lowest BCUT2D eigenvalue weighted by Crippen LogP contribution is -2.53. The topological polar surface area (TPSA) is 53.6 Å². The lowest BCUT2D eigenvalue weighted by atomic mass is 9.78. The molecule has 0 aromatic rings. The molecular formula is C15H29N3O2. The SMILES string of the molecule is COCC1(C(=O)NC(C)CN2CCCC2)CCNCC1. The van der Waals surface area contributed by atoms with Crippen LogP contribution in [0.4, 0.5) is 0 Å². The summed E-state index contributed by atoms with van der Waals surface area (Å²) in [5.41, 5.74) is -0.334. The molecule has 0 bridgehead atoms. The molecule has 1 atom stereocenters. The van der Waals surface area contributed by atoms with Crippen LogP contribution in [0.15, 0.2) is 0 Å².